The summed E-state index contributed by atoms with van der Waals surface area (Å²) in [4.78, 5) is 48.1. The van der Waals surface area contributed by atoms with Crippen molar-refractivity contribution in [2.45, 2.75) is 89.1 Å². The first-order valence-corrected chi connectivity index (χ1v) is 19.6. The van der Waals surface area contributed by atoms with E-state index in [0.29, 0.717) is 23.0 Å². The van der Waals surface area contributed by atoms with Gasteiger partial charge >= 0.3 is 42.7 Å². The molecule has 0 bridgehead atoms. The second kappa shape index (κ2) is 20.0. The molecule has 0 amide bonds. The maximum absolute atomic E-state index is 12.2. The molecule has 2 N–H and O–H groups in total. The Balaban J connectivity index is 0.000000217. The number of benzene rings is 2. The van der Waals surface area contributed by atoms with Gasteiger partial charge in [-0.1, -0.05) is 50.7 Å². The van der Waals surface area contributed by atoms with Crippen LogP contribution < -0.4 is 18.9 Å². The summed E-state index contributed by atoms with van der Waals surface area (Å²) >= 11 is 0. The van der Waals surface area contributed by atoms with E-state index >= 15 is 0 Å². The predicted octanol–water partition coefficient (Wildman–Crippen LogP) is 6.56. The number of furan rings is 2. The first-order chi connectivity index (χ1) is 27.7. The first kappa shape index (κ1) is 44.6. The number of nitrogens with zero attached hydrogens (tertiary/aromatic N) is 2. The number of ether oxygens (including phenoxy) is 3. The van der Waals surface area contributed by atoms with E-state index in [1.165, 1.54) is 65.4 Å². The average Bonchev–Trinajstić information content (AvgIpc) is 4.07. The molecule has 0 saturated heterocycles. The molecule has 2 aliphatic carbocycles. The average molecular weight is 801 g/mol. The molecule has 59 heavy (non-hydrogen) atoms. The number of carboxylic acid groups (broad SMARTS) is 1. The van der Waals surface area contributed by atoms with Crippen molar-refractivity contribution < 1.29 is 71.7 Å². The molecule has 0 unspecified atom stereocenters. The molecule has 0 spiro atoms. The molecule has 0 radical (unpaired) electrons. The first-order valence-electron chi connectivity index (χ1n) is 19.6. The molecule has 2 aromatic carbocycles. The molecule has 306 valence electrons. The van der Waals surface area contributed by atoms with E-state index in [1.807, 2.05) is 28.8 Å². The normalized spacial score (nSPS) is 14.4. The van der Waals surface area contributed by atoms with E-state index in [0.717, 1.165) is 75.6 Å². The van der Waals surface area contributed by atoms with Gasteiger partial charge in [-0.05, 0) is 85.0 Å². The molecule has 6 aromatic rings. The van der Waals surface area contributed by atoms with E-state index in [1.54, 1.807) is 53.9 Å². The Morgan fingerprint density at radius 3 is 1.41 bits per heavy atom. The van der Waals surface area contributed by atoms with Crippen LogP contribution in [-0.4, -0.2) is 64.9 Å². The van der Waals surface area contributed by atoms with E-state index in [9.17, 15) is 24.3 Å². The van der Waals surface area contributed by atoms with Gasteiger partial charge in [-0.3, -0.25) is 9.59 Å². The van der Waals surface area contributed by atoms with Crippen LogP contribution in [0.1, 0.15) is 108 Å². The summed E-state index contributed by atoms with van der Waals surface area (Å²) in [6.07, 6.45) is 18.2. The van der Waals surface area contributed by atoms with Gasteiger partial charge in [-0.2, -0.15) is 0 Å². The molecule has 2 aliphatic rings. The van der Waals surface area contributed by atoms with Gasteiger partial charge < -0.3 is 42.8 Å². The Morgan fingerprint density at radius 1 is 0.627 bits per heavy atom. The minimum Gasteiger partial charge on any atom is -0.870 e. The van der Waals surface area contributed by atoms with Crippen LogP contribution in [0.25, 0.3) is 44.3 Å². The molecule has 14 heteroatoms. The quantitative estimate of drug-likeness (QED) is 0.0901. The largest absolute Gasteiger partial charge is 1.00 e. The maximum Gasteiger partial charge on any atom is 1.00 e. The van der Waals surface area contributed by atoms with E-state index in [4.69, 9.17) is 23.0 Å². The van der Waals surface area contributed by atoms with E-state index < -0.39 is 17.9 Å². The van der Waals surface area contributed by atoms with Crippen molar-refractivity contribution in [2.24, 2.45) is 0 Å². The van der Waals surface area contributed by atoms with Crippen LogP contribution in [0.3, 0.4) is 0 Å². The van der Waals surface area contributed by atoms with Crippen LogP contribution in [0.4, 0.5) is 0 Å². The summed E-state index contributed by atoms with van der Waals surface area (Å²) in [5.74, 6) is -1.35. The fourth-order valence-electron chi connectivity index (χ4n) is 8.93. The number of hydrogen-bond acceptors (Lipinski definition) is 10. The van der Waals surface area contributed by atoms with Crippen LogP contribution in [0, 0.1) is 0 Å². The summed E-state index contributed by atoms with van der Waals surface area (Å²) in [6, 6.07) is 14.8. The van der Waals surface area contributed by atoms with Crippen LogP contribution in [0.15, 0.2) is 82.4 Å². The van der Waals surface area contributed by atoms with Crippen molar-refractivity contribution >= 4 is 45.7 Å². The summed E-state index contributed by atoms with van der Waals surface area (Å²) in [7, 11) is 4.09. The Kier molecular flexibility index (Phi) is 15.1. The Hall–Kier alpha value is -5.48. The van der Waals surface area contributed by atoms with Crippen molar-refractivity contribution in [1.82, 2.24) is 9.13 Å². The molecule has 4 aromatic heterocycles. The van der Waals surface area contributed by atoms with Gasteiger partial charge in [0.1, 0.15) is 13.1 Å². The number of aliphatic carboxylic acids is 1. The van der Waals surface area contributed by atoms with Crippen LogP contribution in [0.2, 0.25) is 0 Å². The number of esters is 3. The second-order valence-electron chi connectivity index (χ2n) is 14.8. The van der Waals surface area contributed by atoms with Crippen LogP contribution in [-0.2, 0) is 36.9 Å². The van der Waals surface area contributed by atoms with Crippen molar-refractivity contribution in [1.29, 1.82) is 0 Å². The number of fused-ring (bicyclic) bond motifs is 2. The zero-order valence-electron chi connectivity index (χ0n) is 34.0. The fourth-order valence-corrected chi connectivity index (χ4v) is 8.93. The topological polar surface area (TPSA) is 182 Å². The number of carboxylic acids is 1. The standard InChI is InChI=1S/C23H25NO5.C22H23NO5.Li.H2O/c1-27-20(25)13-24-19-12-16(23(26)28-2)8-9-18(19)21(15-6-4-3-5-7-15)22(24)17-10-11-29-14-17;1-27-22(26)15-7-8-17-18(11-15)23(12-19(24)25)21(16-9-10-28-13-16)20(17)14-5-3-2-4-6-14;;/h8-12,14-15H,3-7,13H2,1-2H3;7-11,13-14H,2-6,12H2,1H3,(H,24,25);;1H2/q;;+1;/p-1. The van der Waals surface area contributed by atoms with Crippen LogP contribution >= 0.6 is 0 Å². The minimum absolute atomic E-state index is 0. The summed E-state index contributed by atoms with van der Waals surface area (Å²) in [5, 5.41) is 11.6. The summed E-state index contributed by atoms with van der Waals surface area (Å²) in [5.41, 5.74) is 8.44. The molecule has 2 saturated carbocycles. The predicted molar refractivity (Wildman–Crippen MR) is 215 cm³/mol. The molecule has 0 aliphatic heterocycles. The zero-order valence-corrected chi connectivity index (χ0v) is 34.0. The van der Waals surface area contributed by atoms with Gasteiger partial charge in [0.05, 0.1) is 79.9 Å². The zero-order chi connectivity index (χ0) is 40.1. The number of hydrogen-bond donors (Lipinski definition) is 1. The summed E-state index contributed by atoms with van der Waals surface area (Å²) < 4.78 is 29.1. The fraction of sp³-hybridized carbons (Fsp3) is 0.378. The number of aromatic nitrogens is 2. The minimum atomic E-state index is -0.930. The van der Waals surface area contributed by atoms with Crippen molar-refractivity contribution in [3.05, 3.63) is 95.8 Å². The molecule has 2 fully saturated rings. The smallest absolute Gasteiger partial charge is 0.870 e. The molecule has 4 heterocycles. The van der Waals surface area contributed by atoms with E-state index in [2.05, 4.69) is 0 Å². The van der Waals surface area contributed by atoms with E-state index in [-0.39, 0.29) is 43.4 Å². The van der Waals surface area contributed by atoms with Crippen molar-refractivity contribution in [2.75, 3.05) is 21.3 Å². The molecular weight excluding hydrogens is 751 g/mol. The van der Waals surface area contributed by atoms with Crippen molar-refractivity contribution in [3.8, 4) is 22.5 Å². The third kappa shape index (κ3) is 9.23. The molecule has 8 rings (SSSR count). The van der Waals surface area contributed by atoms with Gasteiger partial charge in [0.15, 0.2) is 0 Å². The Morgan fingerprint density at radius 2 is 1.05 bits per heavy atom. The third-order valence-electron chi connectivity index (χ3n) is 11.5. The number of methoxy groups -OCH3 is 3. The van der Waals surface area contributed by atoms with Gasteiger partial charge in [-0.25, -0.2) is 9.59 Å². The van der Waals surface area contributed by atoms with Gasteiger partial charge in [0, 0.05) is 21.9 Å². The monoisotopic (exact) mass is 800 g/mol. The summed E-state index contributed by atoms with van der Waals surface area (Å²) in [6.45, 7) is -0.126. The Bertz CT molecular complexity index is 2380. The molecule has 13 nitrogen and oxygen atoms in total. The van der Waals surface area contributed by atoms with Crippen LogP contribution in [0.5, 0.6) is 0 Å². The number of carbonyl (C=O) groups is 4. The Labute approximate surface area is 354 Å². The molecule has 0 atom stereocenters. The van der Waals surface area contributed by atoms with Gasteiger partial charge in [-0.15, -0.1) is 0 Å². The van der Waals surface area contributed by atoms with Gasteiger partial charge in [0.2, 0.25) is 0 Å². The molecular formula is C45H49LiN2O11. The second-order valence-corrected chi connectivity index (χ2v) is 14.8. The number of rotatable bonds is 10. The number of carbonyl (C=O) groups excluding carboxylic acids is 3. The SMILES string of the molecule is COC(=O)Cn1c(-c2ccoc2)c(C2CCCCC2)c2ccc(C(=O)OC)cc21.COC(=O)c1ccc2c(C3CCCCC3)c(-c3ccoc3)n(CC(=O)O)c2c1.[Li+].[OH-]. The van der Waals surface area contributed by atoms with Gasteiger partial charge in [0.25, 0.3) is 0 Å². The third-order valence-corrected chi connectivity index (χ3v) is 11.5. The maximum atomic E-state index is 12.2. The van der Waals surface area contributed by atoms with Crippen molar-refractivity contribution in [3.63, 3.8) is 0 Å².